The smallest absolute Gasteiger partial charge is 0.223 e. The van der Waals surface area contributed by atoms with E-state index in [2.05, 4.69) is 11.4 Å². The summed E-state index contributed by atoms with van der Waals surface area (Å²) in [5.74, 6) is 0.755. The summed E-state index contributed by atoms with van der Waals surface area (Å²) in [6.45, 7) is 1.41. The molecule has 1 fully saturated rings. The molecule has 2 aromatic rings. The first-order chi connectivity index (χ1) is 14.5. The topological polar surface area (TPSA) is 75.7 Å². The molecule has 30 heavy (non-hydrogen) atoms. The van der Waals surface area contributed by atoms with Crippen molar-refractivity contribution in [2.75, 3.05) is 26.7 Å². The lowest BCUT2D eigenvalue weighted by atomic mass is 9.97. The van der Waals surface area contributed by atoms with E-state index in [-0.39, 0.29) is 17.6 Å². The van der Waals surface area contributed by atoms with Gasteiger partial charge < -0.3 is 10.1 Å². The molecule has 0 spiro atoms. The SMILES string of the molecule is COc1cccc(CCCNC(=O)C2CCN(S(=O)(=O)Cc3ccccc3)CC2)c1. The lowest BCUT2D eigenvalue weighted by Gasteiger charge is -2.30. The standard InChI is InChI=1S/C23H30N2O4S/c1-29-22-11-5-9-19(17-22)10-6-14-24-23(26)21-12-15-25(16-13-21)30(27,28)18-20-7-3-2-4-8-20/h2-5,7-9,11,17,21H,6,10,12-16,18H2,1H3,(H,24,26). The Hall–Kier alpha value is -2.38. The third-order valence-electron chi connectivity index (χ3n) is 5.49. The molecule has 0 aliphatic carbocycles. The Morgan fingerprint density at radius 2 is 1.77 bits per heavy atom. The normalized spacial score (nSPS) is 15.6. The van der Waals surface area contributed by atoms with E-state index < -0.39 is 10.0 Å². The second-order valence-electron chi connectivity index (χ2n) is 7.66. The number of methoxy groups -OCH3 is 1. The summed E-state index contributed by atoms with van der Waals surface area (Å²) in [6, 6.07) is 17.1. The highest BCUT2D eigenvalue weighted by atomic mass is 32.2. The van der Waals surface area contributed by atoms with Crippen LogP contribution in [0, 0.1) is 5.92 Å². The summed E-state index contributed by atoms with van der Waals surface area (Å²) in [5, 5.41) is 3.01. The van der Waals surface area contributed by atoms with Crippen LogP contribution in [0.4, 0.5) is 0 Å². The predicted octanol–water partition coefficient (Wildman–Crippen LogP) is 2.99. The molecule has 1 aliphatic heterocycles. The van der Waals surface area contributed by atoms with Crippen molar-refractivity contribution in [1.29, 1.82) is 0 Å². The zero-order chi connectivity index (χ0) is 21.4. The maximum Gasteiger partial charge on any atom is 0.223 e. The Kier molecular flexibility index (Phi) is 7.87. The summed E-state index contributed by atoms with van der Waals surface area (Å²) < 4.78 is 32.0. The summed E-state index contributed by atoms with van der Waals surface area (Å²) in [7, 11) is -1.70. The molecule has 1 amide bonds. The number of carbonyl (C=O) groups excluding carboxylic acids is 1. The Bertz CT molecular complexity index is 923. The van der Waals surface area contributed by atoms with E-state index >= 15 is 0 Å². The number of hydrogen-bond donors (Lipinski definition) is 1. The predicted molar refractivity (Wildman–Crippen MR) is 118 cm³/mol. The number of rotatable bonds is 9. The fraction of sp³-hybridized carbons (Fsp3) is 0.435. The Morgan fingerprint density at radius 1 is 1.07 bits per heavy atom. The van der Waals surface area contributed by atoms with Crippen LogP contribution < -0.4 is 10.1 Å². The first kappa shape index (κ1) is 22.3. The Morgan fingerprint density at radius 3 is 2.47 bits per heavy atom. The molecular formula is C23H30N2O4S. The van der Waals surface area contributed by atoms with E-state index in [4.69, 9.17) is 4.74 Å². The number of benzene rings is 2. The van der Waals surface area contributed by atoms with Crippen molar-refractivity contribution in [2.45, 2.75) is 31.4 Å². The van der Waals surface area contributed by atoms with Gasteiger partial charge in [0.25, 0.3) is 0 Å². The van der Waals surface area contributed by atoms with Gasteiger partial charge in [0.15, 0.2) is 0 Å². The van der Waals surface area contributed by atoms with Gasteiger partial charge in [-0.3, -0.25) is 4.79 Å². The second-order valence-corrected chi connectivity index (χ2v) is 9.63. The molecule has 162 valence electrons. The summed E-state index contributed by atoms with van der Waals surface area (Å²) in [6.07, 6.45) is 2.85. The molecule has 1 saturated heterocycles. The molecule has 0 atom stereocenters. The van der Waals surface area contributed by atoms with Crippen molar-refractivity contribution in [3.63, 3.8) is 0 Å². The lowest BCUT2D eigenvalue weighted by molar-refractivity contribution is -0.126. The average Bonchev–Trinajstić information content (AvgIpc) is 2.77. The molecule has 0 saturated carbocycles. The molecule has 1 N–H and O–H groups in total. The van der Waals surface area contributed by atoms with Gasteiger partial charge >= 0.3 is 0 Å². The van der Waals surface area contributed by atoms with Gasteiger partial charge in [-0.1, -0.05) is 42.5 Å². The van der Waals surface area contributed by atoms with Crippen molar-refractivity contribution in [3.05, 3.63) is 65.7 Å². The highest BCUT2D eigenvalue weighted by molar-refractivity contribution is 7.88. The van der Waals surface area contributed by atoms with E-state index in [1.54, 1.807) is 7.11 Å². The van der Waals surface area contributed by atoms with Crippen LogP contribution in [-0.4, -0.2) is 45.4 Å². The molecule has 1 aliphatic rings. The average molecular weight is 431 g/mol. The molecular weight excluding hydrogens is 400 g/mol. The summed E-state index contributed by atoms with van der Waals surface area (Å²) in [5.41, 5.74) is 1.97. The summed E-state index contributed by atoms with van der Waals surface area (Å²) in [4.78, 5) is 12.5. The van der Waals surface area contributed by atoms with Gasteiger partial charge in [-0.05, 0) is 48.9 Å². The minimum absolute atomic E-state index is 0.00890. The van der Waals surface area contributed by atoms with Crippen LogP contribution in [-0.2, 0) is 27.0 Å². The van der Waals surface area contributed by atoms with E-state index in [9.17, 15) is 13.2 Å². The number of piperidine rings is 1. The van der Waals surface area contributed by atoms with E-state index in [0.717, 1.165) is 24.2 Å². The number of nitrogens with one attached hydrogen (secondary N) is 1. The van der Waals surface area contributed by atoms with Gasteiger partial charge in [0.05, 0.1) is 12.9 Å². The second kappa shape index (κ2) is 10.6. The maximum atomic E-state index is 12.6. The molecule has 2 aromatic carbocycles. The van der Waals surface area contributed by atoms with Crippen LogP contribution in [0.5, 0.6) is 5.75 Å². The van der Waals surface area contributed by atoms with Crippen molar-refractivity contribution in [2.24, 2.45) is 5.92 Å². The minimum Gasteiger partial charge on any atom is -0.497 e. The number of aryl methyl sites for hydroxylation is 1. The number of nitrogens with zero attached hydrogens (tertiary/aromatic N) is 1. The third kappa shape index (κ3) is 6.31. The number of ether oxygens (including phenoxy) is 1. The third-order valence-corrected chi connectivity index (χ3v) is 7.34. The molecule has 6 nitrogen and oxygen atoms in total. The van der Waals surface area contributed by atoms with Crippen molar-refractivity contribution < 1.29 is 17.9 Å². The number of sulfonamides is 1. The van der Waals surface area contributed by atoms with E-state index in [1.807, 2.05) is 48.5 Å². The van der Waals surface area contributed by atoms with E-state index in [0.29, 0.717) is 32.5 Å². The largest absolute Gasteiger partial charge is 0.497 e. The fourth-order valence-electron chi connectivity index (χ4n) is 3.75. The summed E-state index contributed by atoms with van der Waals surface area (Å²) >= 11 is 0. The van der Waals surface area contributed by atoms with Crippen LogP contribution in [0.25, 0.3) is 0 Å². The first-order valence-electron chi connectivity index (χ1n) is 10.4. The lowest BCUT2D eigenvalue weighted by Crippen LogP contribution is -2.43. The van der Waals surface area contributed by atoms with Gasteiger partial charge in [0, 0.05) is 25.6 Å². The fourth-order valence-corrected chi connectivity index (χ4v) is 5.31. The Labute approximate surface area is 179 Å². The van der Waals surface area contributed by atoms with Crippen LogP contribution >= 0.6 is 0 Å². The highest BCUT2D eigenvalue weighted by Crippen LogP contribution is 2.22. The van der Waals surface area contributed by atoms with Crippen LogP contribution in [0.3, 0.4) is 0 Å². The van der Waals surface area contributed by atoms with Crippen molar-refractivity contribution in [3.8, 4) is 5.75 Å². The molecule has 0 bridgehead atoms. The molecule has 7 heteroatoms. The van der Waals surface area contributed by atoms with Crippen LogP contribution in [0.1, 0.15) is 30.4 Å². The first-order valence-corrected chi connectivity index (χ1v) is 12.0. The molecule has 0 unspecified atom stereocenters. The van der Waals surface area contributed by atoms with Gasteiger partial charge in [-0.2, -0.15) is 0 Å². The zero-order valence-corrected chi connectivity index (χ0v) is 18.2. The van der Waals surface area contributed by atoms with Crippen LogP contribution in [0.15, 0.2) is 54.6 Å². The molecule has 1 heterocycles. The maximum absolute atomic E-state index is 12.6. The number of hydrogen-bond acceptors (Lipinski definition) is 4. The number of carbonyl (C=O) groups is 1. The van der Waals surface area contributed by atoms with Gasteiger partial charge in [-0.15, -0.1) is 0 Å². The monoisotopic (exact) mass is 430 g/mol. The quantitative estimate of drug-likeness (QED) is 0.621. The molecule has 0 radical (unpaired) electrons. The van der Waals surface area contributed by atoms with E-state index in [1.165, 1.54) is 9.87 Å². The van der Waals surface area contributed by atoms with Gasteiger partial charge in [0.1, 0.15) is 5.75 Å². The number of amides is 1. The molecule has 0 aromatic heterocycles. The van der Waals surface area contributed by atoms with Crippen molar-refractivity contribution in [1.82, 2.24) is 9.62 Å². The highest BCUT2D eigenvalue weighted by Gasteiger charge is 2.30. The van der Waals surface area contributed by atoms with Gasteiger partial charge in [0.2, 0.25) is 15.9 Å². The minimum atomic E-state index is -3.35. The Balaban J connectivity index is 1.39. The van der Waals surface area contributed by atoms with Gasteiger partial charge in [-0.25, -0.2) is 12.7 Å². The van der Waals surface area contributed by atoms with Crippen LogP contribution in [0.2, 0.25) is 0 Å². The van der Waals surface area contributed by atoms with Crippen molar-refractivity contribution >= 4 is 15.9 Å². The molecule has 3 rings (SSSR count). The zero-order valence-electron chi connectivity index (χ0n) is 17.4.